The van der Waals surface area contributed by atoms with Gasteiger partial charge in [-0.2, -0.15) is 0 Å². The fourth-order valence-electron chi connectivity index (χ4n) is 1.91. The molecule has 0 amide bonds. The zero-order valence-corrected chi connectivity index (χ0v) is 15.1. The summed E-state index contributed by atoms with van der Waals surface area (Å²) >= 11 is 11.9. The first-order valence-electron chi connectivity index (χ1n) is 7.60. The van der Waals surface area contributed by atoms with Gasteiger partial charge in [-0.15, -0.1) is 0 Å². The van der Waals surface area contributed by atoms with E-state index in [1.54, 1.807) is 25.1 Å². The van der Waals surface area contributed by atoms with Gasteiger partial charge in [0.25, 0.3) is 0 Å². The van der Waals surface area contributed by atoms with Crippen LogP contribution in [0.3, 0.4) is 0 Å². The summed E-state index contributed by atoms with van der Waals surface area (Å²) in [6, 6.07) is 14.6. The van der Waals surface area contributed by atoms with Crippen LogP contribution in [0.5, 0.6) is 0 Å². The van der Waals surface area contributed by atoms with Crippen LogP contribution in [-0.4, -0.2) is 12.6 Å². The largest absolute Gasteiger partial charge is 0.480 e. The molecule has 0 heterocycles. The third-order valence-corrected chi connectivity index (χ3v) is 3.81. The fourth-order valence-corrected chi connectivity index (χ4v) is 2.21. The van der Waals surface area contributed by atoms with E-state index in [0.717, 1.165) is 5.56 Å². The van der Waals surface area contributed by atoms with E-state index in [4.69, 9.17) is 32.7 Å². The summed E-state index contributed by atoms with van der Waals surface area (Å²) in [5.41, 5.74) is 1.58. The highest BCUT2D eigenvalue weighted by Gasteiger charge is 2.07. The van der Waals surface area contributed by atoms with E-state index in [1.165, 1.54) is 12.3 Å². The first-order chi connectivity index (χ1) is 12.1. The quantitative estimate of drug-likeness (QED) is 0.313. The minimum absolute atomic E-state index is 0.308. The van der Waals surface area contributed by atoms with Gasteiger partial charge < -0.3 is 9.47 Å². The van der Waals surface area contributed by atoms with Gasteiger partial charge in [0.2, 0.25) is 0 Å². The zero-order valence-electron chi connectivity index (χ0n) is 13.5. The number of carbonyl (C=O) groups excluding carboxylic acids is 1. The smallest absolute Gasteiger partial charge is 0.333 e. The van der Waals surface area contributed by atoms with Crippen LogP contribution in [-0.2, 0) is 14.3 Å². The molecule has 1 atom stereocenters. The molecule has 0 aliphatic heterocycles. The lowest BCUT2D eigenvalue weighted by molar-refractivity contribution is -0.137. The molecule has 2 aromatic rings. The molecule has 3 nitrogen and oxygen atoms in total. The Morgan fingerprint density at radius 1 is 1.16 bits per heavy atom. The summed E-state index contributed by atoms with van der Waals surface area (Å²) in [4.78, 5) is 11.4. The summed E-state index contributed by atoms with van der Waals surface area (Å²) in [7, 11) is 0. The predicted octanol–water partition coefficient (Wildman–Crippen LogP) is 5.18. The van der Waals surface area contributed by atoms with Crippen LogP contribution in [0.1, 0.15) is 24.2 Å². The van der Waals surface area contributed by atoms with Crippen molar-refractivity contribution in [2.75, 3.05) is 6.61 Å². The van der Waals surface area contributed by atoms with Crippen LogP contribution in [0, 0.1) is 11.8 Å². The molecule has 0 N–H and O–H groups in total. The Labute approximate surface area is 157 Å². The monoisotopic (exact) mass is 374 g/mol. The molecule has 0 spiro atoms. The fraction of sp³-hybridized carbons (Fsp3) is 0.150. The van der Waals surface area contributed by atoms with E-state index in [9.17, 15) is 4.79 Å². The maximum Gasteiger partial charge on any atom is 0.333 e. The maximum atomic E-state index is 11.4. The summed E-state index contributed by atoms with van der Waals surface area (Å²) in [5.74, 6) is 5.57. The van der Waals surface area contributed by atoms with Crippen molar-refractivity contribution >= 4 is 29.2 Å². The SMILES string of the molecule is CCOC(=O)/C=C/OC(C#Cc1ccc(Cl)c(Cl)c1)c1ccccc1. The molecule has 2 aromatic carbocycles. The number of hydrogen-bond acceptors (Lipinski definition) is 3. The Balaban J connectivity index is 2.19. The first-order valence-corrected chi connectivity index (χ1v) is 8.36. The number of esters is 1. The van der Waals surface area contributed by atoms with Crippen LogP contribution in [0.4, 0.5) is 0 Å². The van der Waals surface area contributed by atoms with Crippen LogP contribution in [0.25, 0.3) is 0 Å². The molecule has 1 unspecified atom stereocenters. The summed E-state index contributed by atoms with van der Waals surface area (Å²) in [6.07, 6.45) is 1.97. The lowest BCUT2D eigenvalue weighted by Crippen LogP contribution is -2.01. The molecule has 2 rings (SSSR count). The normalized spacial score (nSPS) is 11.5. The minimum atomic E-state index is -0.540. The number of benzene rings is 2. The van der Waals surface area contributed by atoms with Crippen molar-refractivity contribution in [3.05, 3.63) is 82.0 Å². The standard InChI is InChI=1S/C20H16Cl2O3/c1-2-24-20(23)12-13-25-19(16-6-4-3-5-7-16)11-9-15-8-10-17(21)18(22)14-15/h3-8,10,12-14,19H,2H2,1H3/b13-12+. The van der Waals surface area contributed by atoms with E-state index >= 15 is 0 Å². The van der Waals surface area contributed by atoms with Crippen LogP contribution >= 0.6 is 23.2 Å². The van der Waals surface area contributed by atoms with Crippen molar-refractivity contribution in [3.8, 4) is 11.8 Å². The number of hydrogen-bond donors (Lipinski definition) is 0. The van der Waals surface area contributed by atoms with Crippen LogP contribution in [0.2, 0.25) is 10.0 Å². The first kappa shape index (κ1) is 18.9. The molecule has 0 radical (unpaired) electrons. The Bertz CT molecular complexity index is 805. The Morgan fingerprint density at radius 2 is 1.92 bits per heavy atom. The van der Waals surface area contributed by atoms with Gasteiger partial charge in [0.1, 0.15) is 0 Å². The Morgan fingerprint density at radius 3 is 2.60 bits per heavy atom. The summed E-state index contributed by atoms with van der Waals surface area (Å²) in [6.45, 7) is 2.05. The minimum Gasteiger partial charge on any atom is -0.480 e. The molecule has 0 saturated heterocycles. The molecule has 0 bridgehead atoms. The van der Waals surface area contributed by atoms with Crippen molar-refractivity contribution in [2.24, 2.45) is 0 Å². The second kappa shape index (κ2) is 9.78. The van der Waals surface area contributed by atoms with Gasteiger partial charge in [0.05, 0.1) is 29.0 Å². The second-order valence-corrected chi connectivity index (χ2v) is 5.69. The van der Waals surface area contributed by atoms with Gasteiger partial charge in [-0.1, -0.05) is 59.5 Å². The third-order valence-electron chi connectivity index (χ3n) is 3.07. The van der Waals surface area contributed by atoms with Gasteiger partial charge in [-0.3, -0.25) is 0 Å². The predicted molar refractivity (Wildman–Crippen MR) is 99.4 cm³/mol. The third kappa shape index (κ3) is 6.19. The molecule has 5 heteroatoms. The van der Waals surface area contributed by atoms with Gasteiger partial charge in [0, 0.05) is 11.1 Å². The van der Waals surface area contributed by atoms with Crippen molar-refractivity contribution in [2.45, 2.75) is 13.0 Å². The van der Waals surface area contributed by atoms with Crippen molar-refractivity contribution in [1.29, 1.82) is 0 Å². The highest BCUT2D eigenvalue weighted by atomic mass is 35.5. The van der Waals surface area contributed by atoms with Crippen molar-refractivity contribution < 1.29 is 14.3 Å². The maximum absolute atomic E-state index is 11.4. The molecule has 128 valence electrons. The highest BCUT2D eigenvalue weighted by Crippen LogP contribution is 2.22. The molecule has 0 fully saturated rings. The lowest BCUT2D eigenvalue weighted by atomic mass is 10.1. The van der Waals surface area contributed by atoms with Crippen molar-refractivity contribution in [3.63, 3.8) is 0 Å². The van der Waals surface area contributed by atoms with Crippen LogP contribution in [0.15, 0.2) is 60.9 Å². The number of ether oxygens (including phenoxy) is 2. The summed E-state index contributed by atoms with van der Waals surface area (Å²) in [5, 5.41) is 0.910. The topological polar surface area (TPSA) is 35.5 Å². The average molecular weight is 375 g/mol. The molecular weight excluding hydrogens is 359 g/mol. The van der Waals surface area contributed by atoms with Gasteiger partial charge in [-0.05, 0) is 31.0 Å². The number of carbonyl (C=O) groups is 1. The van der Waals surface area contributed by atoms with E-state index < -0.39 is 12.1 Å². The van der Waals surface area contributed by atoms with E-state index in [2.05, 4.69) is 11.8 Å². The molecule has 0 saturated carbocycles. The average Bonchev–Trinajstić information content (AvgIpc) is 2.62. The number of halogens is 2. The Kier molecular flexibility index (Phi) is 7.40. The van der Waals surface area contributed by atoms with Crippen molar-refractivity contribution in [1.82, 2.24) is 0 Å². The Hall–Kier alpha value is -2.41. The molecule has 0 aliphatic rings. The van der Waals surface area contributed by atoms with E-state index in [-0.39, 0.29) is 0 Å². The molecule has 25 heavy (non-hydrogen) atoms. The lowest BCUT2D eigenvalue weighted by Gasteiger charge is -2.10. The van der Waals surface area contributed by atoms with Gasteiger partial charge >= 0.3 is 5.97 Å². The number of rotatable bonds is 5. The summed E-state index contributed by atoms with van der Waals surface area (Å²) < 4.78 is 10.4. The van der Waals surface area contributed by atoms with Gasteiger partial charge in [-0.25, -0.2) is 4.79 Å². The molecule has 0 aromatic heterocycles. The molecular formula is C20H16Cl2O3. The second-order valence-electron chi connectivity index (χ2n) is 4.88. The zero-order chi connectivity index (χ0) is 18.1. The van der Waals surface area contributed by atoms with Crippen LogP contribution < -0.4 is 0 Å². The van der Waals surface area contributed by atoms with Gasteiger partial charge in [0.15, 0.2) is 6.10 Å². The highest BCUT2D eigenvalue weighted by molar-refractivity contribution is 6.42. The molecule has 0 aliphatic carbocycles. The van der Waals surface area contributed by atoms with E-state index in [1.807, 2.05) is 30.3 Å². The van der Waals surface area contributed by atoms with E-state index in [0.29, 0.717) is 22.2 Å².